The molecule has 3 amide bonds. The summed E-state index contributed by atoms with van der Waals surface area (Å²) < 4.78 is 0. The molecule has 3 rings (SSSR count). The number of halogens is 1. The van der Waals surface area contributed by atoms with Crippen molar-refractivity contribution in [3.05, 3.63) is 40.9 Å². The van der Waals surface area contributed by atoms with Crippen molar-refractivity contribution in [2.24, 2.45) is 11.8 Å². The van der Waals surface area contributed by atoms with E-state index in [-0.39, 0.29) is 42.5 Å². The second-order valence-corrected chi connectivity index (χ2v) is 6.60. The number of nitrogens with zero attached hydrogens (tertiary/aromatic N) is 1. The number of hydrogen-bond donors (Lipinski definition) is 1. The van der Waals surface area contributed by atoms with Gasteiger partial charge in [0.1, 0.15) is 0 Å². The Bertz CT molecular complexity index is 703. The average Bonchev–Trinajstić information content (AvgIpc) is 2.82. The van der Waals surface area contributed by atoms with Gasteiger partial charge in [0.05, 0.1) is 11.8 Å². The average molecular weight is 347 g/mol. The number of carbonyl (C=O) groups excluding carboxylic acids is 3. The first-order chi connectivity index (χ1) is 11.5. The molecule has 0 spiro atoms. The third kappa shape index (κ3) is 3.08. The first-order valence-corrected chi connectivity index (χ1v) is 8.42. The molecule has 1 aliphatic carbocycles. The molecule has 1 aromatic rings. The maximum atomic E-state index is 12.3. The minimum atomic E-state index is -0.249. The van der Waals surface area contributed by atoms with Gasteiger partial charge in [0.25, 0.3) is 0 Å². The molecule has 1 heterocycles. The lowest BCUT2D eigenvalue weighted by Crippen LogP contribution is -2.34. The lowest BCUT2D eigenvalue weighted by molar-refractivity contribution is -0.140. The SMILES string of the molecule is Cc1c(Cl)cccc1NC(=O)CCN1C(=O)[C@H]2CC=CC[C@@H]2C1=O. The van der Waals surface area contributed by atoms with Gasteiger partial charge in [0.2, 0.25) is 17.7 Å². The van der Waals surface area contributed by atoms with Gasteiger partial charge >= 0.3 is 0 Å². The highest BCUT2D eigenvalue weighted by Crippen LogP contribution is 2.35. The summed E-state index contributed by atoms with van der Waals surface area (Å²) in [4.78, 5) is 38.1. The number of anilines is 1. The van der Waals surface area contributed by atoms with E-state index in [2.05, 4.69) is 5.32 Å². The van der Waals surface area contributed by atoms with E-state index in [4.69, 9.17) is 11.6 Å². The van der Waals surface area contributed by atoms with Gasteiger partial charge < -0.3 is 5.32 Å². The van der Waals surface area contributed by atoms with Crippen LogP contribution < -0.4 is 5.32 Å². The van der Waals surface area contributed by atoms with Crippen molar-refractivity contribution < 1.29 is 14.4 Å². The second kappa shape index (κ2) is 6.77. The molecular formula is C18H19ClN2O3. The molecule has 0 saturated carbocycles. The molecule has 0 radical (unpaired) electrons. The van der Waals surface area contributed by atoms with Crippen LogP contribution in [-0.2, 0) is 14.4 Å². The lowest BCUT2D eigenvalue weighted by Gasteiger charge is -2.15. The number of carbonyl (C=O) groups is 3. The maximum Gasteiger partial charge on any atom is 0.233 e. The van der Waals surface area contributed by atoms with Crippen molar-refractivity contribution in [3.63, 3.8) is 0 Å². The summed E-state index contributed by atoms with van der Waals surface area (Å²) in [5.41, 5.74) is 1.43. The highest BCUT2D eigenvalue weighted by atomic mass is 35.5. The molecule has 1 aliphatic heterocycles. The second-order valence-electron chi connectivity index (χ2n) is 6.19. The zero-order valence-corrected chi connectivity index (χ0v) is 14.2. The highest BCUT2D eigenvalue weighted by Gasteiger charge is 2.46. The summed E-state index contributed by atoms with van der Waals surface area (Å²) >= 11 is 6.03. The molecule has 0 bridgehead atoms. The fourth-order valence-corrected chi connectivity index (χ4v) is 3.43. The Balaban J connectivity index is 1.59. The molecule has 2 aliphatic rings. The fraction of sp³-hybridized carbons (Fsp3) is 0.389. The van der Waals surface area contributed by atoms with E-state index in [1.54, 1.807) is 18.2 Å². The van der Waals surface area contributed by atoms with E-state index in [0.29, 0.717) is 23.6 Å². The normalized spacial score (nSPS) is 22.7. The Morgan fingerprint density at radius 1 is 1.21 bits per heavy atom. The summed E-state index contributed by atoms with van der Waals surface area (Å²) in [5, 5.41) is 3.36. The van der Waals surface area contributed by atoms with Crippen molar-refractivity contribution in [3.8, 4) is 0 Å². The first-order valence-electron chi connectivity index (χ1n) is 8.04. The van der Waals surface area contributed by atoms with Gasteiger partial charge in [-0.05, 0) is 37.5 Å². The third-order valence-corrected chi connectivity index (χ3v) is 5.11. The summed E-state index contributed by atoms with van der Waals surface area (Å²) in [7, 11) is 0. The molecular weight excluding hydrogens is 328 g/mol. The molecule has 1 fully saturated rings. The van der Waals surface area contributed by atoms with Gasteiger partial charge in [-0.15, -0.1) is 0 Å². The number of allylic oxidation sites excluding steroid dienone is 2. The molecule has 0 aromatic heterocycles. The Hall–Kier alpha value is -2.14. The van der Waals surface area contributed by atoms with E-state index in [1.807, 2.05) is 19.1 Å². The molecule has 24 heavy (non-hydrogen) atoms. The zero-order chi connectivity index (χ0) is 17.3. The molecule has 6 heteroatoms. The number of rotatable bonds is 4. The third-order valence-electron chi connectivity index (χ3n) is 4.70. The highest BCUT2D eigenvalue weighted by molar-refractivity contribution is 6.31. The van der Waals surface area contributed by atoms with E-state index in [0.717, 1.165) is 5.56 Å². The molecule has 126 valence electrons. The maximum absolute atomic E-state index is 12.3. The smallest absolute Gasteiger partial charge is 0.233 e. The van der Waals surface area contributed by atoms with E-state index in [9.17, 15) is 14.4 Å². The van der Waals surface area contributed by atoms with Crippen molar-refractivity contribution in [1.29, 1.82) is 0 Å². The Morgan fingerprint density at radius 2 is 1.83 bits per heavy atom. The molecule has 1 N–H and O–H groups in total. The molecule has 1 aromatic carbocycles. The fourth-order valence-electron chi connectivity index (χ4n) is 3.26. The van der Waals surface area contributed by atoms with Gasteiger partial charge in [-0.1, -0.05) is 29.8 Å². The number of hydrogen-bond acceptors (Lipinski definition) is 3. The van der Waals surface area contributed by atoms with Crippen LogP contribution in [0.5, 0.6) is 0 Å². The Labute approximate surface area is 145 Å². The molecule has 1 saturated heterocycles. The largest absolute Gasteiger partial charge is 0.326 e. The van der Waals surface area contributed by atoms with Crippen LogP contribution >= 0.6 is 11.6 Å². The van der Waals surface area contributed by atoms with E-state index >= 15 is 0 Å². The van der Waals surface area contributed by atoms with Crippen molar-refractivity contribution in [2.75, 3.05) is 11.9 Å². The van der Waals surface area contributed by atoms with Crippen molar-refractivity contribution >= 4 is 35.0 Å². The number of fused-ring (bicyclic) bond motifs is 1. The summed E-state index contributed by atoms with van der Waals surface area (Å²) in [5.74, 6) is -1.04. The predicted octanol–water partition coefficient (Wildman–Crippen LogP) is 2.93. The van der Waals surface area contributed by atoms with Crippen LogP contribution in [0.4, 0.5) is 5.69 Å². The molecule has 0 unspecified atom stereocenters. The van der Waals surface area contributed by atoms with Crippen LogP contribution in [0.15, 0.2) is 30.4 Å². The number of amides is 3. The monoisotopic (exact) mass is 346 g/mol. The van der Waals surface area contributed by atoms with Crippen LogP contribution in [0.2, 0.25) is 5.02 Å². The summed E-state index contributed by atoms with van der Waals surface area (Å²) in [6.07, 6.45) is 5.20. The van der Waals surface area contributed by atoms with Gasteiger partial charge in [0.15, 0.2) is 0 Å². The van der Waals surface area contributed by atoms with Crippen molar-refractivity contribution in [1.82, 2.24) is 4.90 Å². The lowest BCUT2D eigenvalue weighted by atomic mass is 9.85. The van der Waals surface area contributed by atoms with Crippen molar-refractivity contribution in [2.45, 2.75) is 26.2 Å². The van der Waals surface area contributed by atoms with Gasteiger partial charge in [-0.25, -0.2) is 0 Å². The Morgan fingerprint density at radius 3 is 2.46 bits per heavy atom. The first kappa shape index (κ1) is 16.7. The summed E-state index contributed by atoms with van der Waals surface area (Å²) in [6.45, 7) is 1.94. The number of imide groups is 1. The Kier molecular flexibility index (Phi) is 4.71. The number of benzene rings is 1. The molecule has 5 nitrogen and oxygen atoms in total. The topological polar surface area (TPSA) is 66.5 Å². The van der Waals surface area contributed by atoms with E-state index < -0.39 is 0 Å². The molecule has 2 atom stereocenters. The van der Waals surface area contributed by atoms with Crippen LogP contribution in [0.3, 0.4) is 0 Å². The van der Waals surface area contributed by atoms with Crippen LogP contribution in [0.25, 0.3) is 0 Å². The number of nitrogens with one attached hydrogen (secondary N) is 1. The van der Waals surface area contributed by atoms with Crippen LogP contribution in [0, 0.1) is 18.8 Å². The standard InChI is InChI=1S/C18H19ClN2O3/c1-11-14(19)7-4-8-15(11)20-16(22)9-10-21-17(23)12-5-2-3-6-13(12)18(21)24/h2-4,7-8,12-13H,5-6,9-10H2,1H3,(H,20,22)/t12-,13-/m0/s1. The minimum Gasteiger partial charge on any atom is -0.326 e. The van der Waals surface area contributed by atoms with Gasteiger partial charge in [-0.2, -0.15) is 0 Å². The van der Waals surface area contributed by atoms with Crippen LogP contribution in [0.1, 0.15) is 24.8 Å². The summed E-state index contributed by atoms with van der Waals surface area (Å²) in [6, 6.07) is 5.28. The zero-order valence-electron chi connectivity index (χ0n) is 13.4. The quantitative estimate of drug-likeness (QED) is 0.673. The predicted molar refractivity (Wildman–Crippen MR) is 91.5 cm³/mol. The van der Waals surface area contributed by atoms with Gasteiger partial charge in [0, 0.05) is 23.7 Å². The van der Waals surface area contributed by atoms with Crippen LogP contribution in [-0.4, -0.2) is 29.2 Å². The van der Waals surface area contributed by atoms with Gasteiger partial charge in [-0.3, -0.25) is 19.3 Å². The minimum absolute atomic E-state index is 0.0797. The van der Waals surface area contributed by atoms with E-state index in [1.165, 1.54) is 4.90 Å². The number of likely N-dealkylation sites (tertiary alicyclic amines) is 1.